The van der Waals surface area contributed by atoms with Crippen molar-refractivity contribution in [1.29, 1.82) is 0 Å². The molecule has 23 heavy (non-hydrogen) atoms. The molecule has 1 heterocycles. The van der Waals surface area contributed by atoms with Crippen LogP contribution in [0.1, 0.15) is 36.2 Å². The molecule has 0 bridgehead atoms. The summed E-state index contributed by atoms with van der Waals surface area (Å²) in [6.45, 7) is 3.33. The maximum absolute atomic E-state index is 12.3. The number of thiophene rings is 1. The summed E-state index contributed by atoms with van der Waals surface area (Å²) in [5.74, 6) is 0.109. The summed E-state index contributed by atoms with van der Waals surface area (Å²) in [7, 11) is 2.01. The van der Waals surface area contributed by atoms with Gasteiger partial charge in [0, 0.05) is 22.9 Å². The van der Waals surface area contributed by atoms with E-state index in [1.54, 1.807) is 11.3 Å². The fraction of sp³-hybridized carbons (Fsp3) is 0.421. The van der Waals surface area contributed by atoms with Crippen LogP contribution < -0.4 is 5.32 Å². The van der Waals surface area contributed by atoms with Crippen molar-refractivity contribution in [2.45, 2.75) is 31.2 Å². The maximum Gasteiger partial charge on any atom is 0.234 e. The fourth-order valence-electron chi connectivity index (χ4n) is 2.94. The highest BCUT2D eigenvalue weighted by atomic mass is 32.1. The Kier molecular flexibility index (Phi) is 4.83. The molecule has 122 valence electrons. The highest BCUT2D eigenvalue weighted by Crippen LogP contribution is 2.47. The number of nitrogens with zero attached hydrogens (tertiary/aromatic N) is 1. The van der Waals surface area contributed by atoms with Crippen LogP contribution in [-0.2, 0) is 10.2 Å². The molecule has 1 fully saturated rings. The summed E-state index contributed by atoms with van der Waals surface area (Å²) < 4.78 is 0. The van der Waals surface area contributed by atoms with Gasteiger partial charge in [0.1, 0.15) is 0 Å². The van der Waals surface area contributed by atoms with Crippen molar-refractivity contribution in [1.82, 2.24) is 10.2 Å². The lowest BCUT2D eigenvalue weighted by atomic mass is 9.96. The van der Waals surface area contributed by atoms with Crippen LogP contribution in [0.2, 0.25) is 0 Å². The molecule has 1 aromatic heterocycles. The zero-order valence-corrected chi connectivity index (χ0v) is 14.6. The van der Waals surface area contributed by atoms with E-state index in [0.29, 0.717) is 6.54 Å². The van der Waals surface area contributed by atoms with Crippen LogP contribution in [0.3, 0.4) is 0 Å². The average molecular weight is 328 g/mol. The standard InChI is InChI=1S/C19H24N2OS/c1-15(17-9-6-12-23-17)21(2)13-18(22)20-14-19(10-11-19)16-7-4-3-5-8-16/h3-9,12,15H,10-11,13-14H2,1-2H3,(H,20,22). The normalized spacial score (nSPS) is 17.0. The molecule has 0 saturated heterocycles. The van der Waals surface area contributed by atoms with Gasteiger partial charge in [-0.15, -0.1) is 11.3 Å². The van der Waals surface area contributed by atoms with Crippen LogP contribution in [-0.4, -0.2) is 30.9 Å². The Labute approximate surface area is 142 Å². The van der Waals surface area contributed by atoms with Gasteiger partial charge in [-0.2, -0.15) is 0 Å². The van der Waals surface area contributed by atoms with Gasteiger partial charge < -0.3 is 5.32 Å². The van der Waals surface area contributed by atoms with Crippen molar-refractivity contribution in [3.05, 3.63) is 58.3 Å². The lowest BCUT2D eigenvalue weighted by molar-refractivity contribution is -0.122. The molecule has 3 nitrogen and oxygen atoms in total. The Morgan fingerprint density at radius 2 is 2.00 bits per heavy atom. The molecule has 1 aliphatic carbocycles. The lowest BCUT2D eigenvalue weighted by Crippen LogP contribution is -2.39. The molecule has 1 unspecified atom stereocenters. The summed E-state index contributed by atoms with van der Waals surface area (Å²) in [6, 6.07) is 15.0. The largest absolute Gasteiger partial charge is 0.354 e. The maximum atomic E-state index is 12.3. The summed E-state index contributed by atoms with van der Waals surface area (Å²) in [4.78, 5) is 15.7. The summed E-state index contributed by atoms with van der Waals surface area (Å²) in [5.41, 5.74) is 1.52. The Balaban J connectivity index is 1.50. The molecule has 3 rings (SSSR count). The lowest BCUT2D eigenvalue weighted by Gasteiger charge is -2.24. The van der Waals surface area contributed by atoms with Crippen molar-refractivity contribution in [3.8, 4) is 0 Å². The van der Waals surface area contributed by atoms with Crippen LogP contribution in [0.25, 0.3) is 0 Å². The minimum Gasteiger partial charge on any atom is -0.354 e. The third kappa shape index (κ3) is 3.82. The van der Waals surface area contributed by atoms with Gasteiger partial charge in [-0.05, 0) is 43.8 Å². The number of likely N-dealkylation sites (N-methyl/N-ethyl adjacent to an activating group) is 1. The zero-order valence-electron chi connectivity index (χ0n) is 13.8. The van der Waals surface area contributed by atoms with E-state index in [-0.39, 0.29) is 17.4 Å². The van der Waals surface area contributed by atoms with Gasteiger partial charge in [-0.25, -0.2) is 0 Å². The molecule has 1 N–H and O–H groups in total. The quantitative estimate of drug-likeness (QED) is 0.842. The van der Waals surface area contributed by atoms with Gasteiger partial charge >= 0.3 is 0 Å². The summed E-state index contributed by atoms with van der Waals surface area (Å²) >= 11 is 1.74. The van der Waals surface area contributed by atoms with Gasteiger partial charge in [-0.1, -0.05) is 36.4 Å². The van der Waals surface area contributed by atoms with E-state index in [1.165, 1.54) is 23.3 Å². The minimum atomic E-state index is 0.109. The van der Waals surface area contributed by atoms with E-state index in [1.807, 2.05) is 13.1 Å². The number of hydrogen-bond acceptors (Lipinski definition) is 3. The second kappa shape index (κ2) is 6.85. The van der Waals surface area contributed by atoms with Crippen molar-refractivity contribution >= 4 is 17.2 Å². The van der Waals surface area contributed by atoms with Crippen LogP contribution in [0.15, 0.2) is 47.8 Å². The molecule has 1 saturated carbocycles. The summed E-state index contributed by atoms with van der Waals surface area (Å²) in [6.07, 6.45) is 2.33. The second-order valence-corrected chi connectivity index (χ2v) is 7.51. The topological polar surface area (TPSA) is 32.3 Å². The van der Waals surface area contributed by atoms with Crippen molar-refractivity contribution in [3.63, 3.8) is 0 Å². The highest BCUT2D eigenvalue weighted by molar-refractivity contribution is 7.10. The van der Waals surface area contributed by atoms with E-state index in [0.717, 1.165) is 6.54 Å². The van der Waals surface area contributed by atoms with E-state index in [2.05, 4.69) is 58.9 Å². The number of nitrogens with one attached hydrogen (secondary N) is 1. The number of rotatable bonds is 7. The van der Waals surface area contributed by atoms with Gasteiger partial charge in [0.25, 0.3) is 0 Å². The Morgan fingerprint density at radius 3 is 2.61 bits per heavy atom. The van der Waals surface area contributed by atoms with E-state index in [9.17, 15) is 4.79 Å². The highest BCUT2D eigenvalue weighted by Gasteiger charge is 2.44. The molecule has 1 aromatic carbocycles. The van der Waals surface area contributed by atoms with Gasteiger partial charge in [0.15, 0.2) is 0 Å². The molecule has 2 aromatic rings. The molecule has 0 aliphatic heterocycles. The molecular weight excluding hydrogens is 304 g/mol. The third-order valence-electron chi connectivity index (χ3n) is 4.87. The zero-order chi connectivity index (χ0) is 16.3. The Hall–Kier alpha value is -1.65. The smallest absolute Gasteiger partial charge is 0.234 e. The minimum absolute atomic E-state index is 0.109. The number of hydrogen-bond donors (Lipinski definition) is 1. The number of amides is 1. The number of benzene rings is 1. The molecule has 0 spiro atoms. The van der Waals surface area contributed by atoms with E-state index >= 15 is 0 Å². The molecule has 0 radical (unpaired) electrons. The Morgan fingerprint density at radius 1 is 1.26 bits per heavy atom. The fourth-order valence-corrected chi connectivity index (χ4v) is 3.79. The summed E-state index contributed by atoms with van der Waals surface area (Å²) in [5, 5.41) is 5.22. The molecule has 1 aliphatic rings. The predicted molar refractivity (Wildman–Crippen MR) is 95.7 cm³/mol. The number of carbonyl (C=O) groups excluding carboxylic acids is 1. The predicted octanol–water partition coefficient (Wildman–Crippen LogP) is 3.59. The van der Waals surface area contributed by atoms with Gasteiger partial charge in [-0.3, -0.25) is 9.69 Å². The molecule has 1 amide bonds. The van der Waals surface area contributed by atoms with E-state index < -0.39 is 0 Å². The van der Waals surface area contributed by atoms with Crippen LogP contribution in [0.5, 0.6) is 0 Å². The second-order valence-electron chi connectivity index (χ2n) is 6.53. The monoisotopic (exact) mass is 328 g/mol. The van der Waals surface area contributed by atoms with Crippen molar-refractivity contribution in [2.24, 2.45) is 0 Å². The third-order valence-corrected chi connectivity index (χ3v) is 5.92. The molecule has 1 atom stereocenters. The van der Waals surface area contributed by atoms with Crippen molar-refractivity contribution < 1.29 is 4.79 Å². The number of carbonyl (C=O) groups is 1. The van der Waals surface area contributed by atoms with Crippen molar-refractivity contribution in [2.75, 3.05) is 20.1 Å². The van der Waals surface area contributed by atoms with Crippen LogP contribution in [0.4, 0.5) is 0 Å². The SMILES string of the molecule is CC(c1cccs1)N(C)CC(=O)NCC1(c2ccccc2)CC1. The van der Waals surface area contributed by atoms with E-state index in [4.69, 9.17) is 0 Å². The first-order chi connectivity index (χ1) is 11.1. The first kappa shape index (κ1) is 16.2. The molecule has 4 heteroatoms. The van der Waals surface area contributed by atoms with Crippen LogP contribution in [0, 0.1) is 0 Å². The van der Waals surface area contributed by atoms with Gasteiger partial charge in [0.05, 0.1) is 6.54 Å². The average Bonchev–Trinajstić information content (AvgIpc) is 3.17. The Bertz CT molecular complexity index is 635. The molecular formula is C19H24N2OS. The first-order valence-electron chi connectivity index (χ1n) is 8.17. The first-order valence-corrected chi connectivity index (χ1v) is 9.05. The van der Waals surface area contributed by atoms with Crippen LogP contribution >= 0.6 is 11.3 Å². The van der Waals surface area contributed by atoms with Gasteiger partial charge in [0.2, 0.25) is 5.91 Å².